The Labute approximate surface area is 221 Å². The summed E-state index contributed by atoms with van der Waals surface area (Å²) in [7, 11) is -0.410. The molecule has 38 heavy (non-hydrogen) atoms. The highest BCUT2D eigenvalue weighted by molar-refractivity contribution is 7.90. The smallest absolute Gasteiger partial charge is 0.283 e. The third-order valence-electron chi connectivity index (χ3n) is 7.34. The highest BCUT2D eigenvalue weighted by atomic mass is 32.2. The number of sulfonamides is 1. The van der Waals surface area contributed by atoms with Crippen LogP contribution < -0.4 is 4.72 Å². The van der Waals surface area contributed by atoms with Crippen molar-refractivity contribution in [1.82, 2.24) is 24.4 Å². The van der Waals surface area contributed by atoms with Gasteiger partial charge in [-0.2, -0.15) is 13.5 Å². The summed E-state index contributed by atoms with van der Waals surface area (Å²) >= 11 is 0. The lowest BCUT2D eigenvalue weighted by Crippen LogP contribution is -2.32. The SMILES string of the molecule is [C-]#[N+]c1cc(-c2cc(F)c3c(c2CC(=O)NS(=O)(=O)c2cc(C(C)N(C)C)n(C4CC4)n2)CCC3)ccn1. The molecule has 0 aliphatic heterocycles. The van der Waals surface area contributed by atoms with E-state index in [-0.39, 0.29) is 35.2 Å². The molecule has 0 spiro atoms. The molecule has 1 amide bonds. The number of hydrogen-bond donors (Lipinski definition) is 1. The van der Waals surface area contributed by atoms with Gasteiger partial charge in [0.1, 0.15) is 12.0 Å². The molecule has 1 fully saturated rings. The van der Waals surface area contributed by atoms with Crippen LogP contribution in [0.4, 0.5) is 10.2 Å². The first-order valence-electron chi connectivity index (χ1n) is 12.6. The van der Waals surface area contributed by atoms with Crippen molar-refractivity contribution in [2.75, 3.05) is 14.1 Å². The molecule has 1 aromatic carbocycles. The zero-order valence-electron chi connectivity index (χ0n) is 21.5. The molecule has 9 nitrogen and oxygen atoms in total. The summed E-state index contributed by atoms with van der Waals surface area (Å²) in [5.74, 6) is -0.941. The van der Waals surface area contributed by atoms with Gasteiger partial charge in [0.25, 0.3) is 15.8 Å². The molecule has 0 radical (unpaired) electrons. The molecule has 1 unspecified atom stereocenters. The summed E-state index contributed by atoms with van der Waals surface area (Å²) in [4.78, 5) is 22.5. The molecule has 5 rings (SSSR count). The highest BCUT2D eigenvalue weighted by Gasteiger charge is 2.33. The summed E-state index contributed by atoms with van der Waals surface area (Å²) in [6.07, 6.45) is 4.98. The van der Waals surface area contributed by atoms with Crippen molar-refractivity contribution < 1.29 is 17.6 Å². The van der Waals surface area contributed by atoms with E-state index in [4.69, 9.17) is 6.57 Å². The van der Waals surface area contributed by atoms with Crippen LogP contribution in [0, 0.1) is 12.4 Å². The molecular weight excluding hydrogens is 507 g/mol. The molecule has 198 valence electrons. The second-order valence-corrected chi connectivity index (χ2v) is 11.8. The van der Waals surface area contributed by atoms with E-state index in [2.05, 4.69) is 19.6 Å². The lowest BCUT2D eigenvalue weighted by Gasteiger charge is -2.20. The number of benzene rings is 1. The average molecular weight is 537 g/mol. The van der Waals surface area contributed by atoms with Gasteiger partial charge < -0.3 is 9.74 Å². The number of nitrogens with one attached hydrogen (secondary N) is 1. The Hall–Kier alpha value is -3.62. The Morgan fingerprint density at radius 1 is 1.26 bits per heavy atom. The summed E-state index contributed by atoms with van der Waals surface area (Å²) < 4.78 is 45.4. The van der Waals surface area contributed by atoms with Crippen LogP contribution in [0.1, 0.15) is 60.7 Å². The summed E-state index contributed by atoms with van der Waals surface area (Å²) in [6.45, 7) is 9.23. The third-order valence-corrected chi connectivity index (χ3v) is 8.58. The fraction of sp³-hybridized carbons (Fsp3) is 0.407. The Morgan fingerprint density at radius 2 is 2.00 bits per heavy atom. The Bertz CT molecular complexity index is 1570. The third kappa shape index (κ3) is 4.93. The maximum atomic E-state index is 15.0. The molecule has 0 saturated heterocycles. The molecule has 2 aliphatic rings. The molecule has 1 N–H and O–H groups in total. The minimum Gasteiger partial charge on any atom is -0.361 e. The number of rotatable bonds is 8. The van der Waals surface area contributed by atoms with E-state index < -0.39 is 15.9 Å². The van der Waals surface area contributed by atoms with Crippen molar-refractivity contribution in [3.63, 3.8) is 0 Å². The Kier molecular flexibility index (Phi) is 6.79. The number of fused-ring (bicyclic) bond motifs is 1. The van der Waals surface area contributed by atoms with Crippen LogP contribution in [0.2, 0.25) is 0 Å². The van der Waals surface area contributed by atoms with E-state index in [1.54, 1.807) is 16.8 Å². The van der Waals surface area contributed by atoms with Gasteiger partial charge in [-0.25, -0.2) is 9.11 Å². The lowest BCUT2D eigenvalue weighted by molar-refractivity contribution is -0.118. The van der Waals surface area contributed by atoms with Crippen molar-refractivity contribution in [2.45, 2.75) is 62.6 Å². The monoisotopic (exact) mass is 536 g/mol. The van der Waals surface area contributed by atoms with E-state index >= 15 is 0 Å². The molecule has 2 heterocycles. The molecule has 1 atom stereocenters. The first kappa shape index (κ1) is 26.0. The minimum atomic E-state index is -4.23. The van der Waals surface area contributed by atoms with Crippen molar-refractivity contribution in [1.29, 1.82) is 0 Å². The van der Waals surface area contributed by atoms with Gasteiger partial charge in [0.15, 0.2) is 5.03 Å². The van der Waals surface area contributed by atoms with Crippen molar-refractivity contribution in [3.8, 4) is 11.1 Å². The summed E-state index contributed by atoms with van der Waals surface area (Å²) in [5.41, 5.74) is 3.65. The summed E-state index contributed by atoms with van der Waals surface area (Å²) in [6, 6.07) is 6.20. The molecule has 3 aromatic rings. The molecule has 0 bridgehead atoms. The normalized spacial score (nSPS) is 15.8. The Balaban J connectivity index is 1.47. The van der Waals surface area contributed by atoms with E-state index in [1.165, 1.54) is 18.3 Å². The van der Waals surface area contributed by atoms with Crippen molar-refractivity contribution in [2.24, 2.45) is 0 Å². The maximum absolute atomic E-state index is 15.0. The fourth-order valence-electron chi connectivity index (χ4n) is 5.01. The Morgan fingerprint density at radius 3 is 2.68 bits per heavy atom. The van der Waals surface area contributed by atoms with Crippen LogP contribution >= 0.6 is 0 Å². The minimum absolute atomic E-state index is 0.0622. The molecule has 11 heteroatoms. The van der Waals surface area contributed by atoms with Crippen LogP contribution in [-0.4, -0.2) is 48.1 Å². The largest absolute Gasteiger partial charge is 0.361 e. The van der Waals surface area contributed by atoms with Crippen LogP contribution in [0.25, 0.3) is 16.0 Å². The van der Waals surface area contributed by atoms with Crippen molar-refractivity contribution in [3.05, 3.63) is 70.1 Å². The number of halogens is 1. The van der Waals surface area contributed by atoms with E-state index in [1.807, 2.05) is 25.9 Å². The number of nitrogens with zero attached hydrogens (tertiary/aromatic N) is 5. The quantitative estimate of drug-likeness (QED) is 0.435. The van der Waals surface area contributed by atoms with Crippen LogP contribution in [0.3, 0.4) is 0 Å². The molecule has 1 saturated carbocycles. The summed E-state index contributed by atoms with van der Waals surface area (Å²) in [5, 5.41) is 4.17. The number of amides is 1. The van der Waals surface area contributed by atoms with Gasteiger partial charge in [-0.05, 0) is 99.1 Å². The van der Waals surface area contributed by atoms with E-state index in [9.17, 15) is 17.6 Å². The van der Waals surface area contributed by atoms with Crippen LogP contribution in [0.15, 0.2) is 35.5 Å². The zero-order valence-corrected chi connectivity index (χ0v) is 22.3. The van der Waals surface area contributed by atoms with Gasteiger partial charge in [0.05, 0.1) is 18.2 Å². The number of hydrogen-bond acceptors (Lipinski definition) is 6. The van der Waals surface area contributed by atoms with Gasteiger partial charge >= 0.3 is 0 Å². The standard InChI is InChI=1S/C27H29FN6O3S/c1-16(33(3)4)24-15-27(31-34(24)18-8-9-18)38(36,37)32-26(35)14-22-19-6-5-7-20(19)23(28)13-21(22)17-10-11-30-25(12-17)29-2/h10-13,15-16,18H,5-9,14H2,1,3-4H3,(H,32,35). The topological polar surface area (TPSA) is 102 Å². The van der Waals surface area contributed by atoms with Crippen molar-refractivity contribution >= 4 is 21.7 Å². The molecule has 2 aliphatic carbocycles. The second kappa shape index (κ2) is 9.93. The first-order valence-corrected chi connectivity index (χ1v) is 14.1. The maximum Gasteiger partial charge on any atom is 0.283 e. The van der Waals surface area contributed by atoms with Gasteiger partial charge in [-0.3, -0.25) is 9.48 Å². The van der Waals surface area contributed by atoms with E-state index in [0.717, 1.165) is 30.5 Å². The molecular formula is C27H29FN6O3S. The number of carbonyl (C=O) groups is 1. The van der Waals surface area contributed by atoms with Gasteiger partial charge in [-0.15, -0.1) is 4.98 Å². The van der Waals surface area contributed by atoms with Gasteiger partial charge in [-0.1, -0.05) is 6.57 Å². The first-order chi connectivity index (χ1) is 18.1. The highest BCUT2D eigenvalue weighted by Crippen LogP contribution is 2.39. The van der Waals surface area contributed by atoms with Crippen LogP contribution in [0.5, 0.6) is 0 Å². The molecule has 2 aromatic heterocycles. The van der Waals surface area contributed by atoms with Crippen LogP contribution in [-0.2, 0) is 34.1 Å². The number of carbonyl (C=O) groups excluding carboxylic acids is 1. The van der Waals surface area contributed by atoms with Gasteiger partial charge in [0, 0.05) is 12.1 Å². The fourth-order valence-corrected chi connectivity index (χ4v) is 5.96. The van der Waals surface area contributed by atoms with E-state index in [0.29, 0.717) is 35.1 Å². The number of pyridine rings is 1. The number of aromatic nitrogens is 3. The average Bonchev–Trinajstić information content (AvgIpc) is 3.41. The predicted octanol–water partition coefficient (Wildman–Crippen LogP) is 4.13. The van der Waals surface area contributed by atoms with Gasteiger partial charge in [0.2, 0.25) is 5.91 Å². The second-order valence-electron chi connectivity index (χ2n) is 10.1. The lowest BCUT2D eigenvalue weighted by atomic mass is 9.91. The zero-order chi connectivity index (χ0) is 27.2. The predicted molar refractivity (Wildman–Crippen MR) is 140 cm³/mol.